The third kappa shape index (κ3) is 4.91. The van der Waals surface area contributed by atoms with Crippen molar-refractivity contribution < 1.29 is 24.2 Å². The van der Waals surface area contributed by atoms with Crippen molar-refractivity contribution in [3.05, 3.63) is 0 Å². The van der Waals surface area contributed by atoms with Crippen LogP contribution in [-0.2, 0) is 14.3 Å². The van der Waals surface area contributed by atoms with E-state index in [2.05, 4.69) is 10.1 Å². The van der Waals surface area contributed by atoms with Gasteiger partial charge in [0.05, 0.1) is 7.11 Å². The fourth-order valence-corrected chi connectivity index (χ4v) is 2.59. The number of carbonyl (C=O) groups excluding carboxylic acids is 2. The second-order valence-corrected chi connectivity index (χ2v) is 5.60. The number of carboxylic acids is 1. The predicted octanol–water partition coefficient (Wildman–Crippen LogP) is 1.22. The van der Waals surface area contributed by atoms with Crippen molar-refractivity contribution in [1.29, 1.82) is 0 Å². The minimum Gasteiger partial charge on any atom is -0.480 e. The van der Waals surface area contributed by atoms with Crippen LogP contribution in [0.1, 0.15) is 39.5 Å². The van der Waals surface area contributed by atoms with E-state index in [9.17, 15) is 14.4 Å². The molecule has 1 unspecified atom stereocenters. The number of likely N-dealkylation sites (tertiary alicyclic amines) is 1. The Bertz CT molecular complexity index is 397. The Kier molecular flexibility index (Phi) is 6.45. The number of methoxy groups -OCH3 is 1. The Morgan fingerprint density at radius 3 is 2.57 bits per heavy atom. The Morgan fingerprint density at radius 2 is 2.05 bits per heavy atom. The SMILES string of the molecule is COC(=O)CC[C@H](NC(=O)N1CCCC1C(C)C)C(=O)O. The van der Waals surface area contributed by atoms with E-state index in [1.807, 2.05) is 13.8 Å². The maximum Gasteiger partial charge on any atom is 0.326 e. The zero-order chi connectivity index (χ0) is 16.0. The van der Waals surface area contributed by atoms with Gasteiger partial charge < -0.3 is 20.1 Å². The van der Waals surface area contributed by atoms with Gasteiger partial charge in [-0.2, -0.15) is 0 Å². The summed E-state index contributed by atoms with van der Waals surface area (Å²) in [5.74, 6) is -1.30. The molecule has 7 nitrogen and oxygen atoms in total. The molecule has 1 heterocycles. The molecule has 0 aromatic rings. The van der Waals surface area contributed by atoms with E-state index in [1.54, 1.807) is 4.90 Å². The molecule has 0 radical (unpaired) electrons. The number of esters is 1. The van der Waals surface area contributed by atoms with Crippen molar-refractivity contribution in [3.63, 3.8) is 0 Å². The molecule has 1 aliphatic rings. The zero-order valence-corrected chi connectivity index (χ0v) is 12.8. The number of carbonyl (C=O) groups is 3. The average Bonchev–Trinajstić information content (AvgIpc) is 2.91. The highest BCUT2D eigenvalue weighted by molar-refractivity contribution is 5.83. The average molecular weight is 300 g/mol. The zero-order valence-electron chi connectivity index (χ0n) is 12.8. The number of hydrogen-bond acceptors (Lipinski definition) is 4. The van der Waals surface area contributed by atoms with Crippen LogP contribution in [0, 0.1) is 5.92 Å². The first kappa shape index (κ1) is 17.3. The molecule has 1 aliphatic heterocycles. The van der Waals surface area contributed by atoms with Gasteiger partial charge in [-0.3, -0.25) is 4.79 Å². The van der Waals surface area contributed by atoms with Gasteiger partial charge >= 0.3 is 18.0 Å². The molecule has 7 heteroatoms. The summed E-state index contributed by atoms with van der Waals surface area (Å²) in [6.07, 6.45) is 1.84. The molecule has 1 fully saturated rings. The molecule has 0 aromatic carbocycles. The smallest absolute Gasteiger partial charge is 0.326 e. The summed E-state index contributed by atoms with van der Waals surface area (Å²) in [5.41, 5.74) is 0. The van der Waals surface area contributed by atoms with Crippen molar-refractivity contribution in [1.82, 2.24) is 10.2 Å². The Balaban J connectivity index is 2.60. The molecule has 0 aromatic heterocycles. The van der Waals surface area contributed by atoms with E-state index in [4.69, 9.17) is 5.11 Å². The number of nitrogens with zero attached hydrogens (tertiary/aromatic N) is 1. The summed E-state index contributed by atoms with van der Waals surface area (Å²) in [6.45, 7) is 4.72. The van der Waals surface area contributed by atoms with Gasteiger partial charge in [0.15, 0.2) is 0 Å². The standard InChI is InChI=1S/C14H24N2O5/c1-9(2)11-5-4-8-16(11)14(20)15-10(13(18)19)6-7-12(17)21-3/h9-11H,4-8H2,1-3H3,(H,15,20)(H,18,19)/t10-,11?/m0/s1. The molecule has 0 bridgehead atoms. The number of amides is 2. The minimum absolute atomic E-state index is 0.0218. The summed E-state index contributed by atoms with van der Waals surface area (Å²) < 4.78 is 4.48. The maximum atomic E-state index is 12.2. The van der Waals surface area contributed by atoms with Crippen LogP contribution >= 0.6 is 0 Å². The van der Waals surface area contributed by atoms with Crippen LogP contribution in [0.5, 0.6) is 0 Å². The van der Waals surface area contributed by atoms with Gasteiger partial charge in [0.25, 0.3) is 0 Å². The second kappa shape index (κ2) is 7.85. The van der Waals surface area contributed by atoms with Gasteiger partial charge in [0, 0.05) is 19.0 Å². The van der Waals surface area contributed by atoms with Crippen LogP contribution in [0.25, 0.3) is 0 Å². The molecule has 0 aliphatic carbocycles. The number of aliphatic carboxylic acids is 1. The van der Waals surface area contributed by atoms with E-state index in [0.29, 0.717) is 12.5 Å². The van der Waals surface area contributed by atoms with Crippen LogP contribution in [0.15, 0.2) is 0 Å². The number of rotatable bonds is 6. The molecule has 1 rings (SSSR count). The van der Waals surface area contributed by atoms with Crippen LogP contribution in [0.4, 0.5) is 4.79 Å². The molecule has 1 saturated heterocycles. The number of nitrogens with one attached hydrogen (secondary N) is 1. The molecule has 2 amide bonds. The van der Waals surface area contributed by atoms with E-state index < -0.39 is 18.0 Å². The Hall–Kier alpha value is -1.79. The summed E-state index contributed by atoms with van der Waals surface area (Å²) in [6, 6.07) is -1.31. The number of hydrogen-bond donors (Lipinski definition) is 2. The van der Waals surface area contributed by atoms with Gasteiger partial charge in [-0.25, -0.2) is 9.59 Å². The first-order chi connectivity index (χ1) is 9.86. The van der Waals surface area contributed by atoms with Crippen LogP contribution < -0.4 is 5.32 Å². The van der Waals surface area contributed by atoms with Gasteiger partial charge in [-0.1, -0.05) is 13.8 Å². The number of ether oxygens (including phenoxy) is 1. The highest BCUT2D eigenvalue weighted by Gasteiger charge is 2.32. The first-order valence-corrected chi connectivity index (χ1v) is 7.23. The van der Waals surface area contributed by atoms with Gasteiger partial charge in [0.2, 0.25) is 0 Å². The molecule has 21 heavy (non-hydrogen) atoms. The Labute approximate surface area is 124 Å². The van der Waals surface area contributed by atoms with Crippen molar-refractivity contribution >= 4 is 18.0 Å². The van der Waals surface area contributed by atoms with E-state index >= 15 is 0 Å². The maximum absolute atomic E-state index is 12.2. The lowest BCUT2D eigenvalue weighted by atomic mass is 10.0. The van der Waals surface area contributed by atoms with Crippen molar-refractivity contribution in [3.8, 4) is 0 Å². The molecule has 120 valence electrons. The second-order valence-electron chi connectivity index (χ2n) is 5.60. The van der Waals surface area contributed by atoms with E-state index in [1.165, 1.54) is 7.11 Å². The lowest BCUT2D eigenvalue weighted by Crippen LogP contribution is -2.50. The van der Waals surface area contributed by atoms with Crippen molar-refractivity contribution in [2.45, 2.75) is 51.6 Å². The topological polar surface area (TPSA) is 95.9 Å². The molecule has 2 N–H and O–H groups in total. The largest absolute Gasteiger partial charge is 0.480 e. The van der Waals surface area contributed by atoms with Gasteiger partial charge in [0.1, 0.15) is 6.04 Å². The first-order valence-electron chi connectivity index (χ1n) is 7.23. The van der Waals surface area contributed by atoms with Gasteiger partial charge in [-0.05, 0) is 25.2 Å². The van der Waals surface area contributed by atoms with Crippen molar-refractivity contribution in [2.24, 2.45) is 5.92 Å². The number of carboxylic acid groups (broad SMARTS) is 1. The monoisotopic (exact) mass is 300 g/mol. The summed E-state index contributed by atoms with van der Waals surface area (Å²) in [7, 11) is 1.24. The summed E-state index contributed by atoms with van der Waals surface area (Å²) >= 11 is 0. The molecular formula is C14H24N2O5. The van der Waals surface area contributed by atoms with E-state index in [-0.39, 0.29) is 24.9 Å². The summed E-state index contributed by atoms with van der Waals surface area (Å²) in [5, 5.41) is 11.6. The van der Waals surface area contributed by atoms with Crippen LogP contribution in [-0.4, -0.2) is 53.7 Å². The summed E-state index contributed by atoms with van der Waals surface area (Å²) in [4.78, 5) is 36.2. The van der Waals surface area contributed by atoms with Crippen LogP contribution in [0.2, 0.25) is 0 Å². The number of urea groups is 1. The fourth-order valence-electron chi connectivity index (χ4n) is 2.59. The van der Waals surface area contributed by atoms with E-state index in [0.717, 1.165) is 12.8 Å². The highest BCUT2D eigenvalue weighted by atomic mass is 16.5. The lowest BCUT2D eigenvalue weighted by Gasteiger charge is -2.29. The molecular weight excluding hydrogens is 276 g/mol. The Morgan fingerprint density at radius 1 is 1.38 bits per heavy atom. The molecule has 2 atom stereocenters. The molecule has 0 saturated carbocycles. The minimum atomic E-state index is -1.15. The van der Waals surface area contributed by atoms with Crippen molar-refractivity contribution in [2.75, 3.05) is 13.7 Å². The van der Waals surface area contributed by atoms with Gasteiger partial charge in [-0.15, -0.1) is 0 Å². The fraction of sp³-hybridized carbons (Fsp3) is 0.786. The predicted molar refractivity (Wildman–Crippen MR) is 75.8 cm³/mol. The van der Waals surface area contributed by atoms with Crippen LogP contribution in [0.3, 0.4) is 0 Å². The quantitative estimate of drug-likeness (QED) is 0.719. The molecule has 0 spiro atoms. The lowest BCUT2D eigenvalue weighted by molar-refractivity contribution is -0.142. The third-order valence-corrected chi connectivity index (χ3v) is 3.79. The normalized spacial score (nSPS) is 19.4. The third-order valence-electron chi connectivity index (χ3n) is 3.79. The highest BCUT2D eigenvalue weighted by Crippen LogP contribution is 2.23.